The van der Waals surface area contributed by atoms with E-state index in [1.165, 1.54) is 0 Å². The van der Waals surface area contributed by atoms with Gasteiger partial charge >= 0.3 is 6.09 Å². The Morgan fingerprint density at radius 2 is 2.00 bits per heavy atom. The number of carbonyl (C=O) groups is 1. The van der Waals surface area contributed by atoms with Crippen LogP contribution in [0.1, 0.15) is 45.1 Å². The fraction of sp³-hybridized carbons (Fsp3) is 0.562. The van der Waals surface area contributed by atoms with Gasteiger partial charge in [0.05, 0.1) is 0 Å². The summed E-state index contributed by atoms with van der Waals surface area (Å²) in [5.74, 6) is 0.557. The SMILES string of the molecule is CC(C)(C)OC(=O)Nc1ccc(O)cc1C1CCNCC1. The highest BCUT2D eigenvalue weighted by Gasteiger charge is 2.22. The molecule has 0 bridgehead atoms. The second-order valence-corrected chi connectivity index (χ2v) is 6.42. The van der Waals surface area contributed by atoms with Gasteiger partial charge in [-0.2, -0.15) is 0 Å². The summed E-state index contributed by atoms with van der Waals surface area (Å²) in [6.45, 7) is 7.39. The van der Waals surface area contributed by atoms with Gasteiger partial charge < -0.3 is 15.2 Å². The van der Waals surface area contributed by atoms with E-state index in [1.807, 2.05) is 20.8 Å². The van der Waals surface area contributed by atoms with E-state index in [4.69, 9.17) is 4.74 Å². The van der Waals surface area contributed by atoms with Crippen LogP contribution in [0.4, 0.5) is 10.5 Å². The summed E-state index contributed by atoms with van der Waals surface area (Å²) in [7, 11) is 0. The van der Waals surface area contributed by atoms with Crippen LogP contribution in [0.2, 0.25) is 0 Å². The molecule has 5 nitrogen and oxygen atoms in total. The van der Waals surface area contributed by atoms with Crippen molar-refractivity contribution in [1.29, 1.82) is 0 Å². The van der Waals surface area contributed by atoms with Crippen molar-refractivity contribution in [2.45, 2.75) is 45.1 Å². The Balaban J connectivity index is 2.16. The van der Waals surface area contributed by atoms with Crippen LogP contribution >= 0.6 is 0 Å². The third kappa shape index (κ3) is 4.63. The molecule has 0 spiro atoms. The van der Waals surface area contributed by atoms with Crippen molar-refractivity contribution in [2.24, 2.45) is 0 Å². The zero-order chi connectivity index (χ0) is 15.5. The molecule has 2 rings (SSSR count). The molecule has 0 aliphatic carbocycles. The van der Waals surface area contributed by atoms with E-state index in [9.17, 15) is 9.90 Å². The van der Waals surface area contributed by atoms with Crippen LogP contribution in [0.3, 0.4) is 0 Å². The minimum Gasteiger partial charge on any atom is -0.508 e. The molecule has 21 heavy (non-hydrogen) atoms. The zero-order valence-electron chi connectivity index (χ0n) is 12.9. The van der Waals surface area contributed by atoms with Crippen LogP contribution in [0.15, 0.2) is 18.2 Å². The maximum absolute atomic E-state index is 11.9. The molecular formula is C16H24N2O3. The largest absolute Gasteiger partial charge is 0.508 e. The molecule has 0 saturated carbocycles. The second-order valence-electron chi connectivity index (χ2n) is 6.42. The monoisotopic (exact) mass is 292 g/mol. The first-order valence-corrected chi connectivity index (χ1v) is 7.39. The highest BCUT2D eigenvalue weighted by atomic mass is 16.6. The van der Waals surface area contributed by atoms with Crippen molar-refractivity contribution >= 4 is 11.8 Å². The minimum absolute atomic E-state index is 0.221. The topological polar surface area (TPSA) is 70.6 Å². The number of aromatic hydroxyl groups is 1. The molecule has 0 radical (unpaired) electrons. The summed E-state index contributed by atoms with van der Waals surface area (Å²) in [4.78, 5) is 11.9. The van der Waals surface area contributed by atoms with Crippen molar-refractivity contribution in [1.82, 2.24) is 5.32 Å². The molecule has 5 heteroatoms. The van der Waals surface area contributed by atoms with Gasteiger partial charge in [0.2, 0.25) is 0 Å². The van der Waals surface area contributed by atoms with E-state index in [0.717, 1.165) is 31.5 Å². The normalized spacial score (nSPS) is 16.5. The number of phenols is 1. The number of nitrogens with one attached hydrogen (secondary N) is 2. The van der Waals surface area contributed by atoms with Gasteiger partial charge in [0, 0.05) is 5.69 Å². The van der Waals surface area contributed by atoms with E-state index in [-0.39, 0.29) is 5.75 Å². The molecule has 0 atom stereocenters. The Bertz CT molecular complexity index is 503. The van der Waals surface area contributed by atoms with Crippen molar-refractivity contribution in [2.75, 3.05) is 18.4 Å². The number of rotatable bonds is 2. The van der Waals surface area contributed by atoms with E-state index in [2.05, 4.69) is 10.6 Å². The first-order valence-electron chi connectivity index (χ1n) is 7.39. The van der Waals surface area contributed by atoms with Crippen molar-refractivity contribution in [3.63, 3.8) is 0 Å². The number of amides is 1. The molecular weight excluding hydrogens is 268 g/mol. The molecule has 1 aliphatic heterocycles. The van der Waals surface area contributed by atoms with Gasteiger partial charge in [0.15, 0.2) is 0 Å². The van der Waals surface area contributed by atoms with E-state index < -0.39 is 11.7 Å². The van der Waals surface area contributed by atoms with E-state index >= 15 is 0 Å². The van der Waals surface area contributed by atoms with Crippen LogP contribution < -0.4 is 10.6 Å². The van der Waals surface area contributed by atoms with Crippen LogP contribution in [-0.2, 0) is 4.74 Å². The van der Waals surface area contributed by atoms with Gasteiger partial charge in [-0.1, -0.05) is 0 Å². The highest BCUT2D eigenvalue weighted by Crippen LogP contribution is 2.33. The number of ether oxygens (including phenoxy) is 1. The standard InChI is InChI=1S/C16H24N2O3/c1-16(2,3)21-15(20)18-14-5-4-12(19)10-13(14)11-6-8-17-9-7-11/h4-5,10-11,17,19H,6-9H2,1-3H3,(H,18,20). The van der Waals surface area contributed by atoms with Crippen LogP contribution in [0, 0.1) is 0 Å². The molecule has 1 amide bonds. The Labute approximate surface area is 125 Å². The molecule has 0 aromatic heterocycles. The molecule has 1 saturated heterocycles. The summed E-state index contributed by atoms with van der Waals surface area (Å²) < 4.78 is 5.29. The summed E-state index contributed by atoms with van der Waals surface area (Å²) in [5.41, 5.74) is 1.16. The van der Waals surface area contributed by atoms with Gasteiger partial charge in [-0.3, -0.25) is 5.32 Å². The molecule has 1 aromatic carbocycles. The average molecular weight is 292 g/mol. The van der Waals surface area contributed by atoms with E-state index in [0.29, 0.717) is 11.6 Å². The van der Waals surface area contributed by atoms with Gasteiger partial charge in [-0.15, -0.1) is 0 Å². The molecule has 3 N–H and O–H groups in total. The fourth-order valence-corrected chi connectivity index (χ4v) is 2.55. The number of anilines is 1. The van der Waals surface area contributed by atoms with Gasteiger partial charge in [-0.25, -0.2) is 4.79 Å². The lowest BCUT2D eigenvalue weighted by molar-refractivity contribution is 0.0635. The molecule has 1 aromatic rings. The number of carbonyl (C=O) groups excluding carboxylic acids is 1. The van der Waals surface area contributed by atoms with Gasteiger partial charge in [0.1, 0.15) is 11.4 Å². The van der Waals surface area contributed by atoms with Gasteiger partial charge in [0.25, 0.3) is 0 Å². The maximum Gasteiger partial charge on any atom is 0.412 e. The second kappa shape index (κ2) is 6.35. The lowest BCUT2D eigenvalue weighted by atomic mass is 9.89. The number of benzene rings is 1. The zero-order valence-corrected chi connectivity index (χ0v) is 12.9. The van der Waals surface area contributed by atoms with Crippen molar-refractivity contribution in [3.8, 4) is 5.75 Å². The van der Waals surface area contributed by atoms with Crippen LogP contribution in [0.5, 0.6) is 5.75 Å². The molecule has 1 aliphatic rings. The van der Waals surface area contributed by atoms with Crippen LogP contribution in [-0.4, -0.2) is 29.9 Å². The summed E-state index contributed by atoms with van der Waals surface area (Å²) >= 11 is 0. The third-order valence-corrected chi connectivity index (χ3v) is 3.45. The summed E-state index contributed by atoms with van der Waals surface area (Å²) in [6.07, 6.45) is 1.52. The third-order valence-electron chi connectivity index (χ3n) is 3.45. The predicted molar refractivity (Wildman–Crippen MR) is 82.8 cm³/mol. The number of hydrogen-bond acceptors (Lipinski definition) is 4. The van der Waals surface area contributed by atoms with Gasteiger partial charge in [-0.05, 0) is 76.4 Å². The molecule has 1 fully saturated rings. The fourth-order valence-electron chi connectivity index (χ4n) is 2.55. The van der Waals surface area contributed by atoms with E-state index in [1.54, 1.807) is 18.2 Å². The Hall–Kier alpha value is -1.75. The van der Waals surface area contributed by atoms with Crippen LogP contribution in [0.25, 0.3) is 0 Å². The lowest BCUT2D eigenvalue weighted by Gasteiger charge is -2.26. The molecule has 1 heterocycles. The average Bonchev–Trinajstić information content (AvgIpc) is 2.40. The van der Waals surface area contributed by atoms with Crippen molar-refractivity contribution < 1.29 is 14.6 Å². The highest BCUT2D eigenvalue weighted by molar-refractivity contribution is 5.86. The first kappa shape index (κ1) is 15.6. The lowest BCUT2D eigenvalue weighted by Crippen LogP contribution is -2.29. The smallest absolute Gasteiger partial charge is 0.412 e. The molecule has 116 valence electrons. The quantitative estimate of drug-likeness (QED) is 0.732. The minimum atomic E-state index is -0.532. The summed E-state index contributed by atoms with van der Waals surface area (Å²) in [6, 6.07) is 5.05. The molecule has 0 unspecified atom stereocenters. The predicted octanol–water partition coefficient (Wildman–Crippen LogP) is 3.21. The maximum atomic E-state index is 11.9. The number of hydrogen-bond donors (Lipinski definition) is 3. The first-order chi connectivity index (χ1) is 9.85. The Morgan fingerprint density at radius 1 is 1.33 bits per heavy atom. The summed E-state index contributed by atoms with van der Waals surface area (Å²) in [5, 5.41) is 15.8. The number of piperidine rings is 1. The Morgan fingerprint density at radius 3 is 2.62 bits per heavy atom. The Kier molecular flexibility index (Phi) is 4.73. The number of phenolic OH excluding ortho intramolecular Hbond substituents is 1. The van der Waals surface area contributed by atoms with Crippen molar-refractivity contribution in [3.05, 3.63) is 23.8 Å².